The molecule has 1 aromatic carbocycles. The highest BCUT2D eigenvalue weighted by molar-refractivity contribution is 7.99. The number of hydrogen-bond acceptors (Lipinski definition) is 4. The Balaban J connectivity index is 2.24. The third-order valence-electron chi connectivity index (χ3n) is 2.47. The van der Waals surface area contributed by atoms with E-state index in [1.807, 2.05) is 0 Å². The van der Waals surface area contributed by atoms with Crippen molar-refractivity contribution in [2.45, 2.75) is 5.25 Å². The number of nitro groups is 1. The van der Waals surface area contributed by atoms with Crippen molar-refractivity contribution in [3.05, 3.63) is 39.7 Å². The molecular weight excluding hydrogens is 231 g/mol. The smallest absolute Gasteiger partial charge is 0.272 e. The number of thioether (sulfide) groups is 1. The van der Waals surface area contributed by atoms with Crippen molar-refractivity contribution in [2.75, 3.05) is 18.8 Å². The predicted molar refractivity (Wildman–Crippen MR) is 61.1 cm³/mol. The first-order chi connectivity index (χ1) is 7.68. The average Bonchev–Trinajstić information content (AvgIpc) is 2.30. The quantitative estimate of drug-likeness (QED) is 0.637. The maximum absolute atomic E-state index is 13.6. The minimum absolute atomic E-state index is 0.0505. The van der Waals surface area contributed by atoms with E-state index in [1.54, 1.807) is 11.8 Å². The molecule has 1 unspecified atom stereocenters. The van der Waals surface area contributed by atoms with E-state index in [9.17, 15) is 14.5 Å². The van der Waals surface area contributed by atoms with Crippen LogP contribution in [0.1, 0.15) is 10.8 Å². The summed E-state index contributed by atoms with van der Waals surface area (Å²) in [5.41, 5.74) is 0.345. The summed E-state index contributed by atoms with van der Waals surface area (Å²) in [5, 5.41) is 13.7. The van der Waals surface area contributed by atoms with Crippen LogP contribution in [-0.4, -0.2) is 23.8 Å². The lowest BCUT2D eigenvalue weighted by Crippen LogP contribution is -2.28. The lowest BCUT2D eigenvalue weighted by atomic mass is 10.1. The predicted octanol–water partition coefficient (Wildman–Crippen LogP) is 2.11. The first kappa shape index (κ1) is 11.3. The summed E-state index contributed by atoms with van der Waals surface area (Å²) in [4.78, 5) is 9.88. The molecular formula is C10H11FN2O2S. The monoisotopic (exact) mass is 242 g/mol. The van der Waals surface area contributed by atoms with E-state index in [0.717, 1.165) is 18.4 Å². The summed E-state index contributed by atoms with van der Waals surface area (Å²) < 4.78 is 13.6. The third kappa shape index (κ3) is 2.33. The van der Waals surface area contributed by atoms with E-state index in [0.29, 0.717) is 12.1 Å². The summed E-state index contributed by atoms with van der Waals surface area (Å²) in [6.45, 7) is 1.63. The lowest BCUT2D eigenvalue weighted by molar-refractivity contribution is -0.385. The molecule has 0 bridgehead atoms. The van der Waals surface area contributed by atoms with E-state index in [-0.39, 0.29) is 10.9 Å². The van der Waals surface area contributed by atoms with Gasteiger partial charge in [-0.05, 0) is 6.07 Å². The molecule has 6 heteroatoms. The molecule has 1 fully saturated rings. The average molecular weight is 242 g/mol. The molecule has 0 aliphatic carbocycles. The second-order valence-electron chi connectivity index (χ2n) is 3.53. The molecule has 1 aliphatic rings. The van der Waals surface area contributed by atoms with Gasteiger partial charge >= 0.3 is 0 Å². The molecule has 1 N–H and O–H groups in total. The number of benzene rings is 1. The van der Waals surface area contributed by atoms with E-state index in [2.05, 4.69) is 5.32 Å². The van der Waals surface area contributed by atoms with Crippen molar-refractivity contribution in [2.24, 2.45) is 0 Å². The van der Waals surface area contributed by atoms with Gasteiger partial charge in [0.25, 0.3) is 5.69 Å². The topological polar surface area (TPSA) is 55.2 Å². The van der Waals surface area contributed by atoms with Crippen LogP contribution in [-0.2, 0) is 0 Å². The fourth-order valence-corrected chi connectivity index (χ4v) is 2.81. The molecule has 0 aromatic heterocycles. The number of hydrogen-bond donors (Lipinski definition) is 1. The largest absolute Gasteiger partial charge is 0.314 e. The van der Waals surface area contributed by atoms with Gasteiger partial charge < -0.3 is 5.32 Å². The van der Waals surface area contributed by atoms with Gasteiger partial charge in [-0.2, -0.15) is 11.8 Å². The molecule has 0 amide bonds. The normalized spacial score (nSPS) is 20.7. The van der Waals surface area contributed by atoms with Gasteiger partial charge in [0, 0.05) is 35.7 Å². The lowest BCUT2D eigenvalue weighted by Gasteiger charge is -2.22. The van der Waals surface area contributed by atoms with Gasteiger partial charge in [0.05, 0.1) is 11.0 Å². The molecule has 0 saturated carbocycles. The Kier molecular flexibility index (Phi) is 3.40. The van der Waals surface area contributed by atoms with Gasteiger partial charge in [0.1, 0.15) is 5.82 Å². The molecule has 1 aromatic rings. The van der Waals surface area contributed by atoms with Gasteiger partial charge in [-0.15, -0.1) is 0 Å². The Morgan fingerprint density at radius 1 is 1.56 bits per heavy atom. The summed E-state index contributed by atoms with van der Waals surface area (Å²) in [6.07, 6.45) is 0. The zero-order chi connectivity index (χ0) is 11.5. The van der Waals surface area contributed by atoms with Gasteiger partial charge in [0.15, 0.2) is 0 Å². The summed E-state index contributed by atoms with van der Waals surface area (Å²) >= 11 is 1.67. The number of nitrogens with one attached hydrogen (secondary N) is 1. The maximum atomic E-state index is 13.6. The Morgan fingerprint density at radius 3 is 2.94 bits per heavy atom. The highest BCUT2D eigenvalue weighted by Gasteiger charge is 2.20. The Bertz CT molecular complexity index is 408. The second-order valence-corrected chi connectivity index (χ2v) is 4.84. The van der Waals surface area contributed by atoms with Crippen molar-refractivity contribution < 1.29 is 9.31 Å². The first-order valence-corrected chi connectivity index (χ1v) is 5.99. The molecule has 4 nitrogen and oxygen atoms in total. The number of nitro benzene ring substituents is 1. The summed E-state index contributed by atoms with van der Waals surface area (Å²) in [7, 11) is 0. The van der Waals surface area contributed by atoms with Crippen molar-refractivity contribution in [3.8, 4) is 0 Å². The molecule has 0 spiro atoms. The van der Waals surface area contributed by atoms with E-state index >= 15 is 0 Å². The van der Waals surface area contributed by atoms with Crippen molar-refractivity contribution in [3.63, 3.8) is 0 Å². The zero-order valence-electron chi connectivity index (χ0n) is 8.48. The van der Waals surface area contributed by atoms with Gasteiger partial charge in [-0.25, -0.2) is 4.39 Å². The number of rotatable bonds is 2. The third-order valence-corrected chi connectivity index (χ3v) is 3.73. The summed E-state index contributed by atoms with van der Waals surface area (Å²) in [5.74, 6) is 0.441. The van der Waals surface area contributed by atoms with Crippen LogP contribution in [0.15, 0.2) is 18.2 Å². The number of nitrogens with zero attached hydrogens (tertiary/aromatic N) is 1. The van der Waals surface area contributed by atoms with Gasteiger partial charge in [0.2, 0.25) is 0 Å². The van der Waals surface area contributed by atoms with Crippen LogP contribution in [0.4, 0.5) is 10.1 Å². The number of halogens is 1. The minimum Gasteiger partial charge on any atom is -0.314 e. The number of non-ortho nitro benzene ring substituents is 1. The second kappa shape index (κ2) is 4.80. The van der Waals surface area contributed by atoms with Crippen molar-refractivity contribution in [1.82, 2.24) is 5.32 Å². The SMILES string of the molecule is O=[N+]([O-])c1ccc(C2CNCCS2)c(F)c1. The highest BCUT2D eigenvalue weighted by Crippen LogP contribution is 2.32. The van der Waals surface area contributed by atoms with Crippen LogP contribution in [0.3, 0.4) is 0 Å². The molecule has 86 valence electrons. The highest BCUT2D eigenvalue weighted by atomic mass is 32.2. The van der Waals surface area contributed by atoms with Crippen LogP contribution in [0.2, 0.25) is 0 Å². The first-order valence-electron chi connectivity index (χ1n) is 4.94. The van der Waals surface area contributed by atoms with Crippen molar-refractivity contribution >= 4 is 17.4 Å². The molecule has 1 aliphatic heterocycles. The maximum Gasteiger partial charge on any atom is 0.272 e. The standard InChI is InChI=1S/C10H11FN2O2S/c11-9-5-7(13(14)15)1-2-8(9)10-6-12-3-4-16-10/h1-2,5,10,12H,3-4,6H2. The van der Waals surface area contributed by atoms with Gasteiger partial charge in [-0.3, -0.25) is 10.1 Å². The molecule has 2 rings (SSSR count). The Morgan fingerprint density at radius 2 is 2.38 bits per heavy atom. The molecule has 1 saturated heterocycles. The Hall–Kier alpha value is -1.14. The minimum atomic E-state index is -0.584. The van der Waals surface area contributed by atoms with Crippen LogP contribution < -0.4 is 5.32 Å². The molecule has 1 heterocycles. The fraction of sp³-hybridized carbons (Fsp3) is 0.400. The summed E-state index contributed by atoms with van der Waals surface area (Å²) in [6, 6.07) is 3.86. The molecule has 16 heavy (non-hydrogen) atoms. The van der Waals surface area contributed by atoms with Gasteiger partial charge in [-0.1, -0.05) is 0 Å². The molecule has 0 radical (unpaired) electrons. The Labute approximate surface area is 96.4 Å². The van der Waals surface area contributed by atoms with Crippen LogP contribution in [0, 0.1) is 15.9 Å². The zero-order valence-corrected chi connectivity index (χ0v) is 9.30. The van der Waals surface area contributed by atoms with Crippen LogP contribution >= 0.6 is 11.8 Å². The fourth-order valence-electron chi connectivity index (χ4n) is 1.66. The van der Waals surface area contributed by atoms with Crippen molar-refractivity contribution in [1.29, 1.82) is 0 Å². The molecule has 1 atom stereocenters. The van der Waals surface area contributed by atoms with E-state index < -0.39 is 10.7 Å². The van der Waals surface area contributed by atoms with E-state index in [4.69, 9.17) is 0 Å². The van der Waals surface area contributed by atoms with E-state index in [1.165, 1.54) is 12.1 Å². The van der Waals surface area contributed by atoms with Crippen LogP contribution in [0.5, 0.6) is 0 Å². The van der Waals surface area contributed by atoms with Crippen LogP contribution in [0.25, 0.3) is 0 Å².